The van der Waals surface area contributed by atoms with Crippen molar-refractivity contribution in [1.82, 2.24) is 15.5 Å². The number of benzene rings is 2. The number of nitrogens with zero attached hydrogens (tertiary/aromatic N) is 2. The Morgan fingerprint density at radius 2 is 1.97 bits per heavy atom. The predicted molar refractivity (Wildman–Crippen MR) is 116 cm³/mol. The zero-order valence-corrected chi connectivity index (χ0v) is 18.1. The molecule has 172 valence electrons. The van der Waals surface area contributed by atoms with Crippen LogP contribution in [0.5, 0.6) is 0 Å². The van der Waals surface area contributed by atoms with Gasteiger partial charge in [-0.05, 0) is 42.3 Å². The van der Waals surface area contributed by atoms with Gasteiger partial charge in [-0.15, -0.1) is 0 Å². The van der Waals surface area contributed by atoms with Crippen LogP contribution in [0, 0.1) is 0 Å². The first-order valence-electron chi connectivity index (χ1n) is 10.4. The number of alkyl halides is 3. The van der Waals surface area contributed by atoms with Gasteiger partial charge in [0.2, 0.25) is 0 Å². The standard InChI is InChI=1S/C23H27F3N4O2/c1-3-28-21(31)18-8-4-6-16(12-18)14-29-22(27-2)30-10-11-32-20(15-30)17-7-5-9-19(13-17)23(24,25)26/h4-9,12-13,20H,3,10-11,14-15H2,1-2H3,(H,27,29)(H,28,31). The quantitative estimate of drug-likeness (QED) is 0.542. The summed E-state index contributed by atoms with van der Waals surface area (Å²) in [6.45, 7) is 4.17. The lowest BCUT2D eigenvalue weighted by molar-refractivity contribution is -0.137. The molecule has 1 amide bonds. The molecule has 1 aliphatic rings. The molecule has 3 rings (SSSR count). The van der Waals surface area contributed by atoms with Gasteiger partial charge in [-0.2, -0.15) is 13.2 Å². The van der Waals surface area contributed by atoms with Crippen LogP contribution in [0.4, 0.5) is 13.2 Å². The van der Waals surface area contributed by atoms with E-state index >= 15 is 0 Å². The molecule has 6 nitrogen and oxygen atoms in total. The lowest BCUT2D eigenvalue weighted by Crippen LogP contribution is -2.48. The smallest absolute Gasteiger partial charge is 0.370 e. The van der Waals surface area contributed by atoms with E-state index in [9.17, 15) is 18.0 Å². The molecule has 1 unspecified atom stereocenters. The fraction of sp³-hybridized carbons (Fsp3) is 0.391. The second kappa shape index (κ2) is 10.5. The number of aliphatic imine (C=N–C) groups is 1. The molecule has 1 saturated heterocycles. The third-order valence-electron chi connectivity index (χ3n) is 5.14. The van der Waals surface area contributed by atoms with Crippen molar-refractivity contribution in [3.05, 3.63) is 70.8 Å². The van der Waals surface area contributed by atoms with Crippen molar-refractivity contribution >= 4 is 11.9 Å². The second-order valence-electron chi connectivity index (χ2n) is 7.39. The van der Waals surface area contributed by atoms with E-state index in [0.717, 1.165) is 17.7 Å². The van der Waals surface area contributed by atoms with Gasteiger partial charge in [-0.3, -0.25) is 9.79 Å². The summed E-state index contributed by atoms with van der Waals surface area (Å²) in [6, 6.07) is 12.5. The number of rotatable bonds is 5. The number of ether oxygens (including phenoxy) is 1. The van der Waals surface area contributed by atoms with E-state index in [2.05, 4.69) is 15.6 Å². The third kappa shape index (κ3) is 6.00. The second-order valence-corrected chi connectivity index (χ2v) is 7.39. The summed E-state index contributed by atoms with van der Waals surface area (Å²) in [6.07, 6.45) is -4.89. The first-order chi connectivity index (χ1) is 15.3. The maximum Gasteiger partial charge on any atom is 0.416 e. The number of carbonyl (C=O) groups excluding carboxylic acids is 1. The fourth-order valence-corrected chi connectivity index (χ4v) is 3.56. The zero-order valence-electron chi connectivity index (χ0n) is 18.1. The van der Waals surface area contributed by atoms with Crippen molar-refractivity contribution in [2.45, 2.75) is 25.7 Å². The molecule has 0 radical (unpaired) electrons. The van der Waals surface area contributed by atoms with Crippen LogP contribution in [-0.4, -0.2) is 50.1 Å². The Hall–Kier alpha value is -3.07. The van der Waals surface area contributed by atoms with Crippen molar-refractivity contribution in [1.29, 1.82) is 0 Å². The van der Waals surface area contributed by atoms with E-state index in [4.69, 9.17) is 4.74 Å². The molecule has 32 heavy (non-hydrogen) atoms. The van der Waals surface area contributed by atoms with Crippen LogP contribution in [0.1, 0.15) is 40.1 Å². The summed E-state index contributed by atoms with van der Waals surface area (Å²) < 4.78 is 45.0. The number of amides is 1. The van der Waals surface area contributed by atoms with Gasteiger partial charge >= 0.3 is 6.18 Å². The Kier molecular flexibility index (Phi) is 7.74. The van der Waals surface area contributed by atoms with Crippen molar-refractivity contribution in [3.63, 3.8) is 0 Å². The van der Waals surface area contributed by atoms with Crippen LogP contribution >= 0.6 is 0 Å². The molecule has 2 aromatic rings. The van der Waals surface area contributed by atoms with Crippen molar-refractivity contribution in [2.75, 3.05) is 33.3 Å². The highest BCUT2D eigenvalue weighted by Gasteiger charge is 2.32. The molecule has 1 fully saturated rings. The number of nitrogens with one attached hydrogen (secondary N) is 2. The fourth-order valence-electron chi connectivity index (χ4n) is 3.56. The molecule has 0 spiro atoms. The van der Waals surface area contributed by atoms with E-state index < -0.39 is 17.8 Å². The molecule has 9 heteroatoms. The van der Waals surface area contributed by atoms with Gasteiger partial charge in [0.25, 0.3) is 5.91 Å². The average molecular weight is 448 g/mol. The topological polar surface area (TPSA) is 66.0 Å². The van der Waals surface area contributed by atoms with Gasteiger partial charge in [0.1, 0.15) is 6.10 Å². The summed E-state index contributed by atoms with van der Waals surface area (Å²) in [5.74, 6) is 0.490. The molecule has 0 bridgehead atoms. The van der Waals surface area contributed by atoms with Gasteiger partial charge in [0, 0.05) is 32.2 Å². The molecule has 0 aliphatic carbocycles. The van der Waals surface area contributed by atoms with Crippen molar-refractivity contribution in [3.8, 4) is 0 Å². The third-order valence-corrected chi connectivity index (χ3v) is 5.14. The molecule has 0 saturated carbocycles. The summed E-state index contributed by atoms with van der Waals surface area (Å²) in [5.41, 5.74) is 1.29. The maximum atomic E-state index is 13.1. The minimum absolute atomic E-state index is 0.129. The van der Waals surface area contributed by atoms with Crippen LogP contribution in [0.15, 0.2) is 53.5 Å². The normalized spacial score (nSPS) is 17.2. The van der Waals surface area contributed by atoms with Crippen LogP contribution in [0.25, 0.3) is 0 Å². The van der Waals surface area contributed by atoms with Crippen molar-refractivity contribution in [2.24, 2.45) is 4.99 Å². The SMILES string of the molecule is CCNC(=O)c1cccc(CNC(=NC)N2CCOC(c3cccc(C(F)(F)F)c3)C2)c1. The highest BCUT2D eigenvalue weighted by Crippen LogP contribution is 2.32. The lowest BCUT2D eigenvalue weighted by atomic mass is 10.0. The number of hydrogen-bond donors (Lipinski definition) is 2. The maximum absolute atomic E-state index is 13.1. The molecule has 1 heterocycles. The van der Waals surface area contributed by atoms with Crippen LogP contribution in [0.2, 0.25) is 0 Å². The minimum Gasteiger partial charge on any atom is -0.370 e. The van der Waals surface area contributed by atoms with E-state index in [-0.39, 0.29) is 5.91 Å². The van der Waals surface area contributed by atoms with E-state index in [0.29, 0.717) is 49.9 Å². The number of morpholine rings is 1. The first-order valence-corrected chi connectivity index (χ1v) is 10.4. The van der Waals surface area contributed by atoms with E-state index in [1.54, 1.807) is 19.2 Å². The Balaban J connectivity index is 1.66. The summed E-state index contributed by atoms with van der Waals surface area (Å²) in [5, 5.41) is 6.04. The van der Waals surface area contributed by atoms with Gasteiger partial charge in [0.05, 0.1) is 18.7 Å². The Morgan fingerprint density at radius 3 is 2.69 bits per heavy atom. The van der Waals surface area contributed by atoms with Gasteiger partial charge < -0.3 is 20.3 Å². The van der Waals surface area contributed by atoms with Gasteiger partial charge in [-0.25, -0.2) is 0 Å². The summed E-state index contributed by atoms with van der Waals surface area (Å²) in [7, 11) is 1.65. The number of hydrogen-bond acceptors (Lipinski definition) is 3. The Bertz CT molecular complexity index is 962. The summed E-state index contributed by atoms with van der Waals surface area (Å²) in [4.78, 5) is 18.3. The largest absolute Gasteiger partial charge is 0.416 e. The average Bonchev–Trinajstić information content (AvgIpc) is 2.79. The molecule has 2 N–H and O–H groups in total. The van der Waals surface area contributed by atoms with Crippen LogP contribution < -0.4 is 10.6 Å². The number of halogens is 3. The number of guanidine groups is 1. The van der Waals surface area contributed by atoms with E-state index in [1.807, 2.05) is 30.0 Å². The van der Waals surface area contributed by atoms with Gasteiger partial charge in [-0.1, -0.05) is 24.3 Å². The zero-order chi connectivity index (χ0) is 23.1. The Morgan fingerprint density at radius 1 is 1.19 bits per heavy atom. The molecular formula is C23H27F3N4O2. The molecule has 1 aliphatic heterocycles. The highest BCUT2D eigenvalue weighted by molar-refractivity contribution is 5.94. The van der Waals surface area contributed by atoms with Crippen LogP contribution in [0.3, 0.4) is 0 Å². The molecular weight excluding hydrogens is 421 g/mol. The predicted octanol–water partition coefficient (Wildman–Crippen LogP) is 3.60. The number of carbonyl (C=O) groups is 1. The van der Waals surface area contributed by atoms with E-state index in [1.165, 1.54) is 6.07 Å². The molecule has 1 atom stereocenters. The molecule has 0 aromatic heterocycles. The monoisotopic (exact) mass is 448 g/mol. The Labute approximate surface area is 185 Å². The highest BCUT2D eigenvalue weighted by atomic mass is 19.4. The minimum atomic E-state index is -4.40. The van der Waals surface area contributed by atoms with Crippen molar-refractivity contribution < 1.29 is 22.7 Å². The van der Waals surface area contributed by atoms with Gasteiger partial charge in [0.15, 0.2) is 5.96 Å². The lowest BCUT2D eigenvalue weighted by Gasteiger charge is -2.35. The molecule has 2 aromatic carbocycles. The summed E-state index contributed by atoms with van der Waals surface area (Å²) >= 11 is 0. The first kappa shape index (κ1) is 23.6. The van der Waals surface area contributed by atoms with Crippen LogP contribution in [-0.2, 0) is 17.5 Å².